The van der Waals surface area contributed by atoms with E-state index in [0.29, 0.717) is 22.6 Å². The van der Waals surface area contributed by atoms with E-state index in [9.17, 15) is 22.4 Å². The lowest BCUT2D eigenvalue weighted by Gasteiger charge is -2.09. The molecule has 2 aromatic carbocycles. The highest BCUT2D eigenvalue weighted by Gasteiger charge is 2.33. The molecule has 0 unspecified atom stereocenters. The van der Waals surface area contributed by atoms with Gasteiger partial charge in [0, 0.05) is 24.5 Å². The van der Waals surface area contributed by atoms with Crippen molar-refractivity contribution < 1.29 is 27.1 Å². The Morgan fingerprint density at radius 3 is 2.48 bits per heavy atom. The van der Waals surface area contributed by atoms with Crippen molar-refractivity contribution in [2.75, 3.05) is 0 Å². The van der Waals surface area contributed by atoms with Crippen molar-refractivity contribution in [3.8, 4) is 17.2 Å². The summed E-state index contributed by atoms with van der Waals surface area (Å²) in [4.78, 5) is 16.3. The molecule has 2 aromatic heterocycles. The zero-order chi connectivity index (χ0) is 23.4. The first-order valence-electron chi connectivity index (χ1n) is 9.67. The van der Waals surface area contributed by atoms with E-state index in [1.165, 1.54) is 48.8 Å². The minimum Gasteiger partial charge on any atom is -0.453 e. The Labute approximate surface area is 185 Å². The van der Waals surface area contributed by atoms with Crippen molar-refractivity contribution in [2.24, 2.45) is 0 Å². The van der Waals surface area contributed by atoms with Crippen molar-refractivity contribution in [1.29, 1.82) is 0 Å². The number of alkyl halides is 3. The number of nitrogens with zero attached hydrogens (tertiary/aromatic N) is 3. The molecular formula is C23H16F4N4O2. The monoisotopic (exact) mass is 456 g/mol. The highest BCUT2D eigenvalue weighted by Crippen LogP contribution is 2.28. The number of pyridine rings is 1. The minimum absolute atomic E-state index is 0.0287. The lowest BCUT2D eigenvalue weighted by molar-refractivity contribution is -0.141. The number of carbonyl (C=O) groups is 1. The summed E-state index contributed by atoms with van der Waals surface area (Å²) in [5.74, 6) is -0.590. The molecule has 2 heterocycles. The van der Waals surface area contributed by atoms with Crippen LogP contribution in [0.25, 0.3) is 5.69 Å². The Hall–Kier alpha value is -4.21. The van der Waals surface area contributed by atoms with Gasteiger partial charge in [-0.2, -0.15) is 18.3 Å². The Kier molecular flexibility index (Phi) is 6.07. The van der Waals surface area contributed by atoms with Crippen LogP contribution in [0.15, 0.2) is 79.3 Å². The summed E-state index contributed by atoms with van der Waals surface area (Å²) in [6, 6.07) is 14.4. The maximum absolute atomic E-state index is 14.3. The predicted octanol–water partition coefficient (Wildman–Crippen LogP) is 5.15. The maximum Gasteiger partial charge on any atom is 0.435 e. The average molecular weight is 456 g/mol. The largest absolute Gasteiger partial charge is 0.453 e. The summed E-state index contributed by atoms with van der Waals surface area (Å²) in [6.45, 7) is 0.0682. The molecule has 0 aliphatic rings. The second kappa shape index (κ2) is 9.11. The van der Waals surface area contributed by atoms with Gasteiger partial charge >= 0.3 is 6.18 Å². The van der Waals surface area contributed by atoms with E-state index in [0.717, 1.165) is 10.7 Å². The summed E-state index contributed by atoms with van der Waals surface area (Å²) < 4.78 is 58.9. The zero-order valence-electron chi connectivity index (χ0n) is 16.9. The second-order valence-corrected chi connectivity index (χ2v) is 6.93. The number of hydrogen-bond acceptors (Lipinski definition) is 4. The molecule has 33 heavy (non-hydrogen) atoms. The van der Waals surface area contributed by atoms with Crippen molar-refractivity contribution in [3.05, 3.63) is 102 Å². The van der Waals surface area contributed by atoms with E-state index < -0.39 is 23.6 Å². The highest BCUT2D eigenvalue weighted by atomic mass is 19.4. The molecule has 0 aliphatic carbocycles. The van der Waals surface area contributed by atoms with Crippen LogP contribution in [-0.4, -0.2) is 20.7 Å². The van der Waals surface area contributed by atoms with Gasteiger partial charge in [0.1, 0.15) is 5.75 Å². The maximum atomic E-state index is 14.3. The van der Waals surface area contributed by atoms with Crippen LogP contribution in [-0.2, 0) is 12.7 Å². The van der Waals surface area contributed by atoms with Crippen LogP contribution >= 0.6 is 0 Å². The van der Waals surface area contributed by atoms with E-state index in [1.807, 2.05) is 0 Å². The fraction of sp³-hybridized carbons (Fsp3) is 0.0870. The number of benzene rings is 2. The molecule has 0 bridgehead atoms. The number of carbonyl (C=O) groups excluding carboxylic acids is 1. The third-order valence-electron chi connectivity index (χ3n) is 4.59. The standard InChI is InChI=1S/C23H16F4N4O2/c24-19-12-15(3-8-20(19)33-18-2-1-10-28-14-18)13-29-22(32)16-4-6-17(7-5-16)31-11-9-21(30-31)23(25,26)27/h1-12,14H,13H2,(H,29,32). The quantitative estimate of drug-likeness (QED) is 0.408. The molecule has 0 fully saturated rings. The Morgan fingerprint density at radius 1 is 1.06 bits per heavy atom. The second-order valence-electron chi connectivity index (χ2n) is 6.93. The molecule has 0 saturated carbocycles. The third-order valence-corrected chi connectivity index (χ3v) is 4.59. The van der Waals surface area contributed by atoms with Gasteiger partial charge in [0.05, 0.1) is 11.9 Å². The fourth-order valence-corrected chi connectivity index (χ4v) is 2.94. The Balaban J connectivity index is 1.37. The first kappa shape index (κ1) is 22.0. The number of rotatable bonds is 6. The Bertz CT molecular complexity index is 1260. The van der Waals surface area contributed by atoms with Crippen LogP contribution < -0.4 is 10.1 Å². The summed E-state index contributed by atoms with van der Waals surface area (Å²) in [5, 5.41) is 6.15. The smallest absolute Gasteiger partial charge is 0.435 e. The number of ether oxygens (including phenoxy) is 1. The molecule has 1 N–H and O–H groups in total. The predicted molar refractivity (Wildman–Crippen MR) is 110 cm³/mol. The summed E-state index contributed by atoms with van der Waals surface area (Å²) in [6.07, 6.45) is -0.314. The zero-order valence-corrected chi connectivity index (χ0v) is 16.9. The average Bonchev–Trinajstić information content (AvgIpc) is 3.31. The van der Waals surface area contributed by atoms with E-state index in [-0.39, 0.29) is 12.3 Å². The van der Waals surface area contributed by atoms with E-state index in [4.69, 9.17) is 4.74 Å². The SMILES string of the molecule is O=C(NCc1ccc(Oc2cccnc2)c(F)c1)c1ccc(-n2ccc(C(F)(F)F)n2)cc1. The Morgan fingerprint density at radius 2 is 1.85 bits per heavy atom. The summed E-state index contributed by atoms with van der Waals surface area (Å²) in [7, 11) is 0. The first-order valence-corrected chi connectivity index (χ1v) is 9.67. The molecular weight excluding hydrogens is 440 g/mol. The van der Waals surface area contributed by atoms with Crippen molar-refractivity contribution in [3.63, 3.8) is 0 Å². The molecule has 4 rings (SSSR count). The highest BCUT2D eigenvalue weighted by molar-refractivity contribution is 5.94. The lowest BCUT2D eigenvalue weighted by atomic mass is 10.1. The number of hydrogen-bond donors (Lipinski definition) is 1. The van der Waals surface area contributed by atoms with Crippen LogP contribution in [0.2, 0.25) is 0 Å². The molecule has 168 valence electrons. The molecule has 1 amide bonds. The number of aromatic nitrogens is 3. The minimum atomic E-state index is -4.53. The van der Waals surface area contributed by atoms with Gasteiger partial charge in [-0.25, -0.2) is 9.07 Å². The molecule has 0 aliphatic heterocycles. The van der Waals surface area contributed by atoms with Gasteiger partial charge in [-0.3, -0.25) is 9.78 Å². The molecule has 0 radical (unpaired) electrons. The van der Waals surface area contributed by atoms with Gasteiger partial charge in [0.2, 0.25) is 0 Å². The first-order chi connectivity index (χ1) is 15.8. The van der Waals surface area contributed by atoms with Gasteiger partial charge in [-0.15, -0.1) is 0 Å². The molecule has 0 atom stereocenters. The third kappa shape index (κ3) is 5.35. The number of halogens is 4. The molecule has 6 nitrogen and oxygen atoms in total. The van der Waals surface area contributed by atoms with Gasteiger partial charge in [-0.05, 0) is 60.2 Å². The van der Waals surface area contributed by atoms with Crippen molar-refractivity contribution in [2.45, 2.75) is 12.7 Å². The lowest BCUT2D eigenvalue weighted by Crippen LogP contribution is -2.22. The van der Waals surface area contributed by atoms with Crippen LogP contribution in [0.1, 0.15) is 21.6 Å². The molecule has 4 aromatic rings. The van der Waals surface area contributed by atoms with E-state index in [1.54, 1.807) is 24.4 Å². The van der Waals surface area contributed by atoms with Crippen LogP contribution in [0.4, 0.5) is 17.6 Å². The number of nitrogens with one attached hydrogen (secondary N) is 1. The van der Waals surface area contributed by atoms with Crippen molar-refractivity contribution >= 4 is 5.91 Å². The van der Waals surface area contributed by atoms with Crippen molar-refractivity contribution in [1.82, 2.24) is 20.1 Å². The van der Waals surface area contributed by atoms with E-state index in [2.05, 4.69) is 15.4 Å². The summed E-state index contributed by atoms with van der Waals surface area (Å²) in [5.41, 5.74) is 0.174. The van der Waals surface area contributed by atoms with Crippen LogP contribution in [0.3, 0.4) is 0 Å². The molecule has 10 heteroatoms. The van der Waals surface area contributed by atoms with Crippen LogP contribution in [0, 0.1) is 5.82 Å². The fourth-order valence-electron chi connectivity index (χ4n) is 2.94. The van der Waals surface area contributed by atoms with Gasteiger partial charge in [0.25, 0.3) is 5.91 Å². The topological polar surface area (TPSA) is 69.0 Å². The molecule has 0 spiro atoms. The van der Waals surface area contributed by atoms with Gasteiger partial charge < -0.3 is 10.1 Å². The van der Waals surface area contributed by atoms with Gasteiger partial charge in [-0.1, -0.05) is 6.07 Å². The molecule has 0 saturated heterocycles. The van der Waals surface area contributed by atoms with Gasteiger partial charge in [0.15, 0.2) is 17.3 Å². The normalized spacial score (nSPS) is 11.3. The summed E-state index contributed by atoms with van der Waals surface area (Å²) >= 11 is 0. The van der Waals surface area contributed by atoms with Crippen LogP contribution in [0.5, 0.6) is 11.5 Å². The number of amides is 1. The van der Waals surface area contributed by atoms with E-state index >= 15 is 0 Å².